The summed E-state index contributed by atoms with van der Waals surface area (Å²) in [6, 6.07) is 0. The van der Waals surface area contributed by atoms with Crippen molar-refractivity contribution in [2.24, 2.45) is 23.7 Å². The van der Waals surface area contributed by atoms with Crippen LogP contribution in [0.3, 0.4) is 0 Å². The summed E-state index contributed by atoms with van der Waals surface area (Å²) < 4.78 is 67.8. The van der Waals surface area contributed by atoms with Crippen LogP contribution in [0.2, 0.25) is 0 Å². The highest BCUT2D eigenvalue weighted by Crippen LogP contribution is 2.45. The molecule has 0 aliphatic rings. The summed E-state index contributed by atoms with van der Waals surface area (Å²) in [6.07, 6.45) is 29.7. The van der Waals surface area contributed by atoms with E-state index in [0.717, 1.165) is 115 Å². The Morgan fingerprint density at radius 2 is 0.600 bits per heavy atom. The van der Waals surface area contributed by atoms with E-state index in [0.29, 0.717) is 37.5 Å². The van der Waals surface area contributed by atoms with Crippen LogP contribution in [0.15, 0.2) is 0 Å². The summed E-state index contributed by atoms with van der Waals surface area (Å²) in [4.78, 5) is 72.0. The van der Waals surface area contributed by atoms with Crippen LogP contribution in [-0.2, 0) is 65.4 Å². The summed E-state index contributed by atoms with van der Waals surface area (Å²) in [5, 5.41) is 10.5. The van der Waals surface area contributed by atoms with E-state index in [9.17, 15) is 43.2 Å². The molecule has 0 aliphatic heterocycles. The minimum Gasteiger partial charge on any atom is -0.462 e. The predicted molar refractivity (Wildman–Crippen MR) is 317 cm³/mol. The first-order chi connectivity index (χ1) is 38.1. The number of ether oxygens (including phenoxy) is 4. The maximum absolute atomic E-state index is 12.9. The van der Waals surface area contributed by atoms with Gasteiger partial charge in [0.25, 0.3) is 0 Å². The molecule has 3 N–H and O–H groups in total. The molecule has 0 bridgehead atoms. The average molecular weight is 1190 g/mol. The van der Waals surface area contributed by atoms with Crippen LogP contribution in [0.5, 0.6) is 0 Å². The zero-order chi connectivity index (χ0) is 59.7. The molecule has 0 saturated heterocycles. The van der Waals surface area contributed by atoms with Gasteiger partial charge in [0.05, 0.1) is 26.4 Å². The molecular formula is C61H118O17P2. The second-order valence-corrected chi connectivity index (χ2v) is 26.7. The Labute approximate surface area is 486 Å². The lowest BCUT2D eigenvalue weighted by Gasteiger charge is -2.21. The molecule has 6 atom stereocenters. The molecule has 0 spiro atoms. The first-order valence-corrected chi connectivity index (χ1v) is 34.7. The van der Waals surface area contributed by atoms with Gasteiger partial charge in [-0.15, -0.1) is 0 Å². The second kappa shape index (κ2) is 51.5. The molecule has 0 aromatic rings. The smallest absolute Gasteiger partial charge is 0.462 e. The van der Waals surface area contributed by atoms with Crippen LogP contribution in [0.4, 0.5) is 0 Å². The van der Waals surface area contributed by atoms with E-state index in [2.05, 4.69) is 55.4 Å². The van der Waals surface area contributed by atoms with Crippen molar-refractivity contribution in [3.05, 3.63) is 0 Å². The van der Waals surface area contributed by atoms with Crippen LogP contribution >= 0.6 is 15.6 Å². The van der Waals surface area contributed by atoms with Crippen molar-refractivity contribution in [1.82, 2.24) is 0 Å². The molecule has 80 heavy (non-hydrogen) atoms. The highest BCUT2D eigenvalue weighted by Gasteiger charge is 2.30. The van der Waals surface area contributed by atoms with E-state index in [1.807, 2.05) is 0 Å². The van der Waals surface area contributed by atoms with Gasteiger partial charge in [-0.1, -0.05) is 235 Å². The van der Waals surface area contributed by atoms with Crippen LogP contribution in [0, 0.1) is 23.7 Å². The highest BCUT2D eigenvalue weighted by molar-refractivity contribution is 7.47. The molecule has 3 unspecified atom stereocenters. The van der Waals surface area contributed by atoms with E-state index < -0.39 is 97.5 Å². The van der Waals surface area contributed by atoms with E-state index in [-0.39, 0.29) is 25.7 Å². The molecule has 19 heteroatoms. The summed E-state index contributed by atoms with van der Waals surface area (Å²) >= 11 is 0. The van der Waals surface area contributed by atoms with Crippen LogP contribution < -0.4 is 0 Å². The number of unbranched alkanes of at least 4 members (excludes halogenated alkanes) is 23. The number of hydrogen-bond acceptors (Lipinski definition) is 15. The third-order valence-corrected chi connectivity index (χ3v) is 16.1. The number of phosphoric ester groups is 2. The molecule has 0 radical (unpaired) electrons. The molecule has 0 saturated carbocycles. The molecule has 0 aliphatic carbocycles. The minimum atomic E-state index is -4.94. The Morgan fingerprint density at radius 3 is 0.887 bits per heavy atom. The van der Waals surface area contributed by atoms with Gasteiger partial charge in [-0.05, 0) is 49.4 Å². The molecule has 474 valence electrons. The number of carbonyl (C=O) groups is 4. The molecule has 0 rings (SSSR count). The monoisotopic (exact) mass is 1180 g/mol. The van der Waals surface area contributed by atoms with E-state index in [1.54, 1.807) is 0 Å². The van der Waals surface area contributed by atoms with Gasteiger partial charge in [0.1, 0.15) is 19.3 Å². The van der Waals surface area contributed by atoms with Crippen molar-refractivity contribution in [3.8, 4) is 0 Å². The van der Waals surface area contributed by atoms with Gasteiger partial charge in [0.2, 0.25) is 0 Å². The topological polar surface area (TPSA) is 237 Å². The van der Waals surface area contributed by atoms with Gasteiger partial charge >= 0.3 is 39.5 Å². The maximum Gasteiger partial charge on any atom is 0.472 e. The number of aliphatic hydroxyl groups excluding tert-OH is 1. The highest BCUT2D eigenvalue weighted by atomic mass is 31.2. The number of carbonyl (C=O) groups excluding carboxylic acids is 4. The van der Waals surface area contributed by atoms with Crippen molar-refractivity contribution in [3.63, 3.8) is 0 Å². The molecular weight excluding hydrogens is 1070 g/mol. The van der Waals surface area contributed by atoms with Crippen molar-refractivity contribution in [2.75, 3.05) is 39.6 Å². The number of rotatable bonds is 58. The lowest BCUT2D eigenvalue weighted by atomic mass is 10.00. The number of hydrogen-bond donors (Lipinski definition) is 3. The zero-order valence-electron chi connectivity index (χ0n) is 51.7. The molecule has 0 aromatic heterocycles. The van der Waals surface area contributed by atoms with Gasteiger partial charge in [0.15, 0.2) is 12.2 Å². The van der Waals surface area contributed by atoms with Gasteiger partial charge in [-0.2, -0.15) is 0 Å². The van der Waals surface area contributed by atoms with E-state index >= 15 is 0 Å². The van der Waals surface area contributed by atoms with Crippen molar-refractivity contribution in [2.45, 2.75) is 305 Å². The standard InChI is InChI=1S/C61H118O17P2/c1-9-54(8)40-32-24-18-20-26-34-42-59(64)72-48-56(77-60(65)43-35-27-15-11-10-13-21-29-37-51(2)3)49-75-79(67,68)73-45-55(62)46-74-80(69,70)76-50-57(47-71-58(63)41-33-25-19-17-23-31-39-53(6)7)78-61(66)44-36-28-16-12-14-22-30-38-52(4)5/h51-57,62H,9-50H2,1-8H3,(H,67,68)(H,69,70)/t54?,55-,56-,57-/m1/s1. The van der Waals surface area contributed by atoms with Crippen molar-refractivity contribution >= 4 is 39.5 Å². The van der Waals surface area contributed by atoms with Gasteiger partial charge in [-0.3, -0.25) is 37.3 Å². The third-order valence-electron chi connectivity index (χ3n) is 14.2. The summed E-state index contributed by atoms with van der Waals surface area (Å²) in [5.41, 5.74) is 0. The molecule has 0 fully saturated rings. The number of aliphatic hydroxyl groups is 1. The van der Waals surface area contributed by atoms with Gasteiger partial charge < -0.3 is 33.8 Å². The number of esters is 4. The molecule has 17 nitrogen and oxygen atoms in total. The van der Waals surface area contributed by atoms with Crippen LogP contribution in [0.25, 0.3) is 0 Å². The third kappa shape index (κ3) is 54.0. The first kappa shape index (κ1) is 78.1. The first-order valence-electron chi connectivity index (χ1n) is 31.7. The Kier molecular flexibility index (Phi) is 50.2. The Hall–Kier alpha value is -1.94. The molecule has 0 aromatic carbocycles. The fourth-order valence-corrected chi connectivity index (χ4v) is 10.4. The van der Waals surface area contributed by atoms with Crippen LogP contribution in [-0.4, -0.2) is 96.7 Å². The number of phosphoric acid groups is 2. The van der Waals surface area contributed by atoms with E-state index in [4.69, 9.17) is 37.0 Å². The lowest BCUT2D eigenvalue weighted by Crippen LogP contribution is -2.30. The van der Waals surface area contributed by atoms with Gasteiger partial charge in [0, 0.05) is 25.7 Å². The Balaban J connectivity index is 5.26. The quantitative estimate of drug-likeness (QED) is 0.0222. The lowest BCUT2D eigenvalue weighted by molar-refractivity contribution is -0.161. The fraction of sp³-hybridized carbons (Fsp3) is 0.934. The maximum atomic E-state index is 12.9. The van der Waals surface area contributed by atoms with Crippen molar-refractivity contribution in [1.29, 1.82) is 0 Å². The van der Waals surface area contributed by atoms with Crippen molar-refractivity contribution < 1.29 is 80.2 Å². The summed E-state index contributed by atoms with van der Waals surface area (Å²) in [5.74, 6) is 0.676. The predicted octanol–water partition coefficient (Wildman–Crippen LogP) is 16.2. The Bertz CT molecular complexity index is 1610. The zero-order valence-corrected chi connectivity index (χ0v) is 53.5. The largest absolute Gasteiger partial charge is 0.472 e. The van der Waals surface area contributed by atoms with Gasteiger partial charge in [-0.25, -0.2) is 9.13 Å². The normalized spacial score (nSPS) is 14.9. The average Bonchev–Trinajstić information content (AvgIpc) is 3.40. The van der Waals surface area contributed by atoms with Crippen LogP contribution in [0.1, 0.15) is 287 Å². The molecule has 0 heterocycles. The SMILES string of the molecule is CCC(C)CCCCCCCCC(=O)OC[C@H](COP(=O)(O)OC[C@@H](O)COP(=O)(O)OC[C@@H](COC(=O)CCCCCCCCC(C)C)OC(=O)CCCCCCCCCC(C)C)OC(=O)CCCCCCCCCCC(C)C. The minimum absolute atomic E-state index is 0.101. The summed E-state index contributed by atoms with van der Waals surface area (Å²) in [7, 11) is -9.88. The summed E-state index contributed by atoms with van der Waals surface area (Å²) in [6.45, 7) is 13.8. The van der Waals surface area contributed by atoms with E-state index in [1.165, 1.54) is 77.0 Å². The Morgan fingerprint density at radius 1 is 0.350 bits per heavy atom. The molecule has 0 amide bonds. The second-order valence-electron chi connectivity index (χ2n) is 23.8. The fourth-order valence-electron chi connectivity index (χ4n) is 8.87.